The Morgan fingerprint density at radius 3 is 2.74 bits per heavy atom. The largest absolute Gasteiger partial charge is 0.377 e. The Balaban J connectivity index is 1.47. The van der Waals surface area contributed by atoms with E-state index in [-0.39, 0.29) is 17.3 Å². The Morgan fingerprint density at radius 1 is 1.18 bits per heavy atom. The molecule has 2 aliphatic heterocycles. The van der Waals surface area contributed by atoms with Crippen LogP contribution >= 0.6 is 0 Å². The van der Waals surface area contributed by atoms with E-state index < -0.39 is 10.0 Å². The zero-order valence-corrected chi connectivity index (χ0v) is 20.0. The van der Waals surface area contributed by atoms with Gasteiger partial charge in [0.2, 0.25) is 10.0 Å². The number of H-pyrrole nitrogens is 1. The van der Waals surface area contributed by atoms with Gasteiger partial charge in [-0.1, -0.05) is 0 Å². The third-order valence-corrected chi connectivity index (χ3v) is 10.0. The molecule has 7 rings (SSSR count). The predicted octanol–water partition coefficient (Wildman–Crippen LogP) is 2.17. The Kier molecular flexibility index (Phi) is 4.59. The molecule has 1 unspecified atom stereocenters. The lowest BCUT2D eigenvalue weighted by Crippen LogP contribution is -2.44. The molecule has 34 heavy (non-hydrogen) atoms. The number of rotatable bonds is 5. The quantitative estimate of drug-likeness (QED) is 0.592. The average molecular weight is 484 g/mol. The van der Waals surface area contributed by atoms with Crippen molar-refractivity contribution in [2.24, 2.45) is 5.92 Å². The fraction of sp³-hybridized carbons (Fsp3) is 0.609. The predicted molar refractivity (Wildman–Crippen MR) is 126 cm³/mol. The molecule has 0 aromatic carbocycles. The molecule has 2 aliphatic carbocycles. The summed E-state index contributed by atoms with van der Waals surface area (Å²) in [6.07, 6.45) is 5.94. The fourth-order valence-electron chi connectivity index (χ4n) is 5.62. The van der Waals surface area contributed by atoms with E-state index in [9.17, 15) is 8.42 Å². The first kappa shape index (κ1) is 20.8. The van der Waals surface area contributed by atoms with Crippen molar-refractivity contribution in [1.82, 2.24) is 29.3 Å². The van der Waals surface area contributed by atoms with Gasteiger partial charge in [-0.2, -0.15) is 19.2 Å². The van der Waals surface area contributed by atoms with Crippen LogP contribution in [0.25, 0.3) is 16.9 Å². The van der Waals surface area contributed by atoms with Crippen LogP contribution in [-0.2, 0) is 21.2 Å². The Labute approximate surface area is 198 Å². The summed E-state index contributed by atoms with van der Waals surface area (Å²) in [5.74, 6) is 1.96. The number of nitrogens with one attached hydrogen (secondary N) is 1. The normalized spacial score (nSPS) is 26.2. The topological polar surface area (TPSA) is 109 Å². The minimum atomic E-state index is -3.33. The molecule has 180 valence electrons. The molecule has 5 heterocycles. The molecule has 0 spiro atoms. The van der Waals surface area contributed by atoms with Crippen molar-refractivity contribution in [1.29, 1.82) is 0 Å². The summed E-state index contributed by atoms with van der Waals surface area (Å²) in [5, 5.41) is 12.9. The van der Waals surface area contributed by atoms with E-state index in [4.69, 9.17) is 14.8 Å². The lowest BCUT2D eigenvalue weighted by Gasteiger charge is -2.35. The van der Waals surface area contributed by atoms with Crippen molar-refractivity contribution in [2.45, 2.75) is 56.4 Å². The van der Waals surface area contributed by atoms with E-state index in [0.29, 0.717) is 32.1 Å². The van der Waals surface area contributed by atoms with Gasteiger partial charge in [-0.05, 0) is 50.2 Å². The van der Waals surface area contributed by atoms with Gasteiger partial charge in [0.25, 0.3) is 0 Å². The zero-order chi connectivity index (χ0) is 23.0. The molecule has 10 nitrogen and oxygen atoms in total. The Hall–Kier alpha value is -2.50. The van der Waals surface area contributed by atoms with Crippen LogP contribution in [0.2, 0.25) is 0 Å². The highest BCUT2D eigenvalue weighted by Gasteiger charge is 2.49. The Morgan fingerprint density at radius 2 is 2.03 bits per heavy atom. The van der Waals surface area contributed by atoms with Crippen LogP contribution in [0, 0.1) is 5.92 Å². The second kappa shape index (κ2) is 7.50. The van der Waals surface area contributed by atoms with Crippen molar-refractivity contribution in [3.05, 3.63) is 29.6 Å². The molecular formula is C23H29N7O3S. The second-order valence-electron chi connectivity index (χ2n) is 10.1. The number of aromatic nitrogens is 5. The molecule has 1 saturated heterocycles. The van der Waals surface area contributed by atoms with Crippen molar-refractivity contribution in [3.8, 4) is 5.82 Å². The summed E-state index contributed by atoms with van der Waals surface area (Å²) in [7, 11) is -3.33. The van der Waals surface area contributed by atoms with Crippen molar-refractivity contribution in [3.63, 3.8) is 0 Å². The van der Waals surface area contributed by atoms with Crippen molar-refractivity contribution in [2.75, 3.05) is 31.2 Å². The van der Waals surface area contributed by atoms with Gasteiger partial charge in [0.05, 0.1) is 42.4 Å². The zero-order valence-electron chi connectivity index (χ0n) is 19.2. The summed E-state index contributed by atoms with van der Waals surface area (Å²) in [4.78, 5) is 7.39. The van der Waals surface area contributed by atoms with Crippen LogP contribution in [0.4, 0.5) is 5.82 Å². The number of anilines is 1. The first-order valence-electron chi connectivity index (χ1n) is 12.3. The van der Waals surface area contributed by atoms with Gasteiger partial charge in [0.15, 0.2) is 11.5 Å². The van der Waals surface area contributed by atoms with Gasteiger partial charge in [-0.3, -0.25) is 5.10 Å². The number of sulfonamides is 1. The first-order chi connectivity index (χ1) is 16.5. The molecular weight excluding hydrogens is 454 g/mol. The number of morpholine rings is 1. The molecule has 0 amide bonds. The van der Waals surface area contributed by atoms with Gasteiger partial charge < -0.3 is 9.64 Å². The molecule has 1 N–H and O–H groups in total. The first-order valence-corrected chi connectivity index (χ1v) is 13.8. The van der Waals surface area contributed by atoms with E-state index >= 15 is 0 Å². The average Bonchev–Trinajstić information content (AvgIpc) is 3.75. The summed E-state index contributed by atoms with van der Waals surface area (Å²) in [5.41, 5.74) is 2.73. The van der Waals surface area contributed by atoms with Gasteiger partial charge in [0, 0.05) is 31.0 Å². The van der Waals surface area contributed by atoms with Crippen LogP contribution < -0.4 is 4.90 Å². The minimum absolute atomic E-state index is 0.160. The maximum Gasteiger partial charge on any atom is 0.217 e. The smallest absolute Gasteiger partial charge is 0.217 e. The van der Waals surface area contributed by atoms with Gasteiger partial charge in [0.1, 0.15) is 5.82 Å². The molecule has 3 aromatic rings. The van der Waals surface area contributed by atoms with E-state index in [2.05, 4.69) is 28.1 Å². The van der Waals surface area contributed by atoms with E-state index in [0.717, 1.165) is 66.2 Å². The van der Waals surface area contributed by atoms with E-state index in [1.807, 2.05) is 15.1 Å². The number of ether oxygens (including phenoxy) is 1. The molecule has 0 radical (unpaired) electrons. The highest BCUT2D eigenvalue weighted by atomic mass is 32.2. The summed E-state index contributed by atoms with van der Waals surface area (Å²) in [6.45, 7) is 4.66. The Bertz CT molecular complexity index is 1340. The molecule has 11 heteroatoms. The lowest BCUT2D eigenvalue weighted by molar-refractivity contribution is 0.0985. The van der Waals surface area contributed by atoms with E-state index in [1.54, 1.807) is 6.20 Å². The number of pyridine rings is 1. The molecule has 3 aromatic heterocycles. The highest BCUT2D eigenvalue weighted by molar-refractivity contribution is 7.90. The van der Waals surface area contributed by atoms with Crippen LogP contribution in [-0.4, -0.2) is 75.3 Å². The van der Waals surface area contributed by atoms with Crippen molar-refractivity contribution >= 4 is 26.9 Å². The van der Waals surface area contributed by atoms with Crippen LogP contribution in [0.5, 0.6) is 0 Å². The molecule has 2 atom stereocenters. The lowest BCUT2D eigenvalue weighted by atomic mass is 9.99. The molecule has 3 fully saturated rings. The van der Waals surface area contributed by atoms with E-state index in [1.165, 1.54) is 0 Å². The molecule has 4 aliphatic rings. The maximum atomic E-state index is 13.6. The monoisotopic (exact) mass is 483 g/mol. The standard InChI is InChI=1S/C23H29N7O3S/c1-14-13-33-11-10-28(14)20-12-17-21-18(27-30(23(21)25-20)19-6-8-24-26-19)7-9-29(22(17)15-2-3-15)34(31,32)16-4-5-16/h6,8,12,14-16,22H,2-5,7,9-11,13H2,1H3,(H,24,26)/t14-,22?/m1/s1. The molecule has 0 bridgehead atoms. The highest BCUT2D eigenvalue weighted by Crippen LogP contribution is 2.51. The third-order valence-electron chi connectivity index (χ3n) is 7.64. The van der Waals surface area contributed by atoms with Crippen LogP contribution in [0.15, 0.2) is 18.3 Å². The SMILES string of the molecule is C[C@@H]1COCCN1c1cc2c3c(nn(-c4ccn[nH]4)c3n1)CCN(S(=O)(=O)C1CC1)C2C1CC1. The summed E-state index contributed by atoms with van der Waals surface area (Å²) in [6, 6.07) is 4.06. The van der Waals surface area contributed by atoms with Crippen LogP contribution in [0.1, 0.15) is 49.9 Å². The summed E-state index contributed by atoms with van der Waals surface area (Å²) < 4.78 is 36.5. The van der Waals surface area contributed by atoms with Gasteiger partial charge >= 0.3 is 0 Å². The van der Waals surface area contributed by atoms with Gasteiger partial charge in [-0.15, -0.1) is 0 Å². The summed E-state index contributed by atoms with van der Waals surface area (Å²) >= 11 is 0. The second-order valence-corrected chi connectivity index (χ2v) is 12.2. The van der Waals surface area contributed by atoms with Gasteiger partial charge in [-0.25, -0.2) is 13.4 Å². The fourth-order valence-corrected chi connectivity index (χ4v) is 7.68. The minimum Gasteiger partial charge on any atom is -0.377 e. The van der Waals surface area contributed by atoms with Crippen molar-refractivity contribution < 1.29 is 13.2 Å². The number of hydrogen-bond acceptors (Lipinski definition) is 7. The van der Waals surface area contributed by atoms with Crippen LogP contribution in [0.3, 0.4) is 0 Å². The number of nitrogens with zero attached hydrogens (tertiary/aromatic N) is 6. The third kappa shape index (κ3) is 3.20. The number of hydrogen-bond donors (Lipinski definition) is 1. The number of aromatic amines is 1. The molecule has 2 saturated carbocycles. The maximum absolute atomic E-state index is 13.6.